The maximum atomic E-state index is 11.4. The Morgan fingerprint density at radius 2 is 2.06 bits per heavy atom. The van der Waals surface area contributed by atoms with E-state index in [1.54, 1.807) is 0 Å². The second-order valence-electron chi connectivity index (χ2n) is 4.03. The van der Waals surface area contributed by atoms with Gasteiger partial charge in [0.05, 0.1) is 6.61 Å². The van der Waals surface area contributed by atoms with Crippen molar-refractivity contribution in [2.45, 2.75) is 32.6 Å². The van der Waals surface area contributed by atoms with E-state index in [2.05, 4.69) is 10.1 Å². The number of ether oxygens (including phenoxy) is 1. The van der Waals surface area contributed by atoms with Gasteiger partial charge in [-0.25, -0.2) is 4.79 Å². The van der Waals surface area contributed by atoms with E-state index in [0.29, 0.717) is 13.0 Å². The number of hydrogen-bond donors (Lipinski definition) is 1. The fraction of sp³-hybridized carbons (Fsp3) is 0.429. The van der Waals surface area contributed by atoms with E-state index in [-0.39, 0.29) is 5.91 Å². The highest BCUT2D eigenvalue weighted by molar-refractivity contribution is 5.90. The van der Waals surface area contributed by atoms with E-state index in [1.165, 1.54) is 6.47 Å². The summed E-state index contributed by atoms with van der Waals surface area (Å²) in [4.78, 5) is 21.2. The molecule has 4 heteroatoms. The number of benzene rings is 1. The van der Waals surface area contributed by atoms with Crippen LogP contribution >= 0.6 is 0 Å². The Morgan fingerprint density at radius 1 is 1.33 bits per heavy atom. The second kappa shape index (κ2) is 8.28. The molecule has 0 aliphatic heterocycles. The van der Waals surface area contributed by atoms with Gasteiger partial charge < -0.3 is 10.1 Å². The van der Waals surface area contributed by atoms with Gasteiger partial charge in [-0.05, 0) is 37.0 Å². The zero-order chi connectivity index (χ0) is 13.2. The Morgan fingerprint density at radius 3 is 2.67 bits per heavy atom. The van der Waals surface area contributed by atoms with Gasteiger partial charge in [-0.15, -0.1) is 0 Å². The number of anilines is 1. The minimum absolute atomic E-state index is 0.0418. The topological polar surface area (TPSA) is 55.4 Å². The number of nitrogens with one attached hydrogen (secondary N) is 1. The predicted octanol–water partition coefficient (Wildman–Crippen LogP) is 2.44. The van der Waals surface area contributed by atoms with Gasteiger partial charge in [0, 0.05) is 12.1 Å². The molecule has 18 heavy (non-hydrogen) atoms. The third kappa shape index (κ3) is 5.48. The molecule has 0 aliphatic rings. The summed E-state index contributed by atoms with van der Waals surface area (Å²) in [5, 5.41) is 2.83. The van der Waals surface area contributed by atoms with Crippen molar-refractivity contribution in [3.05, 3.63) is 29.8 Å². The van der Waals surface area contributed by atoms with E-state index in [1.807, 2.05) is 31.2 Å². The Kier molecular flexibility index (Phi) is 6.54. The van der Waals surface area contributed by atoms with Crippen molar-refractivity contribution in [1.29, 1.82) is 0 Å². The fourth-order valence-corrected chi connectivity index (χ4v) is 1.60. The Hall–Kier alpha value is -1.84. The van der Waals surface area contributed by atoms with Crippen LogP contribution in [-0.4, -0.2) is 19.0 Å². The molecular weight excluding hydrogens is 230 g/mol. The van der Waals surface area contributed by atoms with Crippen molar-refractivity contribution in [3.8, 4) is 0 Å². The van der Waals surface area contributed by atoms with Crippen LogP contribution in [-0.2, 0) is 20.7 Å². The maximum Gasteiger partial charge on any atom is 0.417 e. The predicted molar refractivity (Wildman–Crippen MR) is 69.9 cm³/mol. The van der Waals surface area contributed by atoms with Gasteiger partial charge in [0.15, 0.2) is 0 Å². The number of rotatable bonds is 8. The largest absolute Gasteiger partial charge is 0.457 e. The zero-order valence-corrected chi connectivity index (χ0v) is 10.6. The first-order chi connectivity index (χ1) is 8.76. The maximum absolute atomic E-state index is 11.4. The zero-order valence-electron chi connectivity index (χ0n) is 10.6. The molecule has 97 valence electrons. The lowest BCUT2D eigenvalue weighted by Crippen LogP contribution is -2.10. The first kappa shape index (κ1) is 14.2. The summed E-state index contributed by atoms with van der Waals surface area (Å²) in [5.74, 6) is 0.0418. The molecule has 0 heterocycles. The number of aryl methyl sites for hydroxylation is 1. The lowest BCUT2D eigenvalue weighted by Gasteiger charge is -2.05. The Balaban J connectivity index is 2.37. The van der Waals surface area contributed by atoms with Crippen LogP contribution in [0, 0.1) is 0 Å². The van der Waals surface area contributed by atoms with Gasteiger partial charge in [0.2, 0.25) is 5.91 Å². The molecular formula is C14H18NO3. The summed E-state index contributed by atoms with van der Waals surface area (Å²) in [5.41, 5.74) is 1.97. The molecule has 1 aromatic rings. The van der Waals surface area contributed by atoms with Crippen LogP contribution in [0.1, 0.15) is 31.7 Å². The summed E-state index contributed by atoms with van der Waals surface area (Å²) in [7, 11) is 0. The lowest BCUT2D eigenvalue weighted by atomic mass is 10.1. The molecule has 4 nitrogen and oxygen atoms in total. The van der Waals surface area contributed by atoms with Crippen LogP contribution in [0.3, 0.4) is 0 Å². The number of hydrogen-bond acceptors (Lipinski definition) is 3. The van der Waals surface area contributed by atoms with E-state index < -0.39 is 0 Å². The van der Waals surface area contributed by atoms with Crippen LogP contribution in [0.15, 0.2) is 24.3 Å². The third-order valence-corrected chi connectivity index (χ3v) is 2.49. The smallest absolute Gasteiger partial charge is 0.417 e. The summed E-state index contributed by atoms with van der Waals surface area (Å²) in [6.07, 6.45) is 3.00. The lowest BCUT2D eigenvalue weighted by molar-refractivity contribution is -0.116. The highest BCUT2D eigenvalue weighted by Crippen LogP contribution is 2.11. The normalized spacial score (nSPS) is 9.83. The summed E-state index contributed by atoms with van der Waals surface area (Å²) in [6, 6.07) is 7.70. The molecule has 1 amide bonds. The molecule has 0 saturated carbocycles. The summed E-state index contributed by atoms with van der Waals surface area (Å²) < 4.78 is 4.50. The number of carbonyl (C=O) groups is 1. The highest BCUT2D eigenvalue weighted by atomic mass is 16.5. The molecule has 0 aromatic heterocycles. The van der Waals surface area contributed by atoms with Crippen molar-refractivity contribution >= 4 is 18.1 Å². The molecule has 1 N–H and O–H groups in total. The van der Waals surface area contributed by atoms with Gasteiger partial charge in [-0.3, -0.25) is 4.79 Å². The van der Waals surface area contributed by atoms with Crippen molar-refractivity contribution < 1.29 is 14.3 Å². The summed E-state index contributed by atoms with van der Waals surface area (Å²) in [6.45, 7) is 3.76. The summed E-state index contributed by atoms with van der Waals surface area (Å²) >= 11 is 0. The first-order valence-electron chi connectivity index (χ1n) is 6.14. The molecule has 0 saturated heterocycles. The van der Waals surface area contributed by atoms with E-state index in [9.17, 15) is 9.59 Å². The average Bonchev–Trinajstić information content (AvgIpc) is 2.37. The molecule has 0 aliphatic carbocycles. The van der Waals surface area contributed by atoms with Crippen LogP contribution in [0.2, 0.25) is 0 Å². The van der Waals surface area contributed by atoms with Crippen molar-refractivity contribution in [1.82, 2.24) is 0 Å². The average molecular weight is 248 g/mol. The Bertz CT molecular complexity index is 373. The first-order valence-corrected chi connectivity index (χ1v) is 6.14. The van der Waals surface area contributed by atoms with Gasteiger partial charge >= 0.3 is 6.47 Å². The van der Waals surface area contributed by atoms with Gasteiger partial charge in [-0.1, -0.05) is 19.1 Å². The van der Waals surface area contributed by atoms with Crippen molar-refractivity contribution in [2.75, 3.05) is 11.9 Å². The minimum atomic E-state index is 0.0418. The SMILES string of the molecule is CCCC(=O)Nc1ccc(CCCO[C]=O)cc1. The van der Waals surface area contributed by atoms with Crippen molar-refractivity contribution in [3.63, 3.8) is 0 Å². The monoisotopic (exact) mass is 248 g/mol. The number of amides is 1. The fourth-order valence-electron chi connectivity index (χ4n) is 1.60. The molecule has 0 bridgehead atoms. The molecule has 0 spiro atoms. The van der Waals surface area contributed by atoms with Crippen LogP contribution in [0.5, 0.6) is 0 Å². The minimum Gasteiger partial charge on any atom is -0.457 e. The Labute approximate surface area is 107 Å². The third-order valence-electron chi connectivity index (χ3n) is 2.49. The molecule has 1 aromatic carbocycles. The highest BCUT2D eigenvalue weighted by Gasteiger charge is 2.00. The van der Waals surface area contributed by atoms with Crippen molar-refractivity contribution in [2.24, 2.45) is 0 Å². The standard InChI is InChI=1S/C14H18NO3/c1-2-4-14(17)15-13-8-6-12(7-9-13)5-3-10-18-11-16/h6-9H,2-5,10H2,1H3,(H,15,17). The van der Waals surface area contributed by atoms with Crippen LogP contribution in [0.25, 0.3) is 0 Å². The molecule has 0 atom stereocenters. The van der Waals surface area contributed by atoms with E-state index in [4.69, 9.17) is 0 Å². The molecule has 0 unspecified atom stereocenters. The number of carbonyl (C=O) groups excluding carboxylic acids is 2. The van der Waals surface area contributed by atoms with Crippen LogP contribution < -0.4 is 5.32 Å². The quantitative estimate of drug-likeness (QED) is 0.719. The van der Waals surface area contributed by atoms with E-state index >= 15 is 0 Å². The van der Waals surface area contributed by atoms with Gasteiger partial charge in [-0.2, -0.15) is 0 Å². The van der Waals surface area contributed by atoms with Gasteiger partial charge in [0.25, 0.3) is 0 Å². The van der Waals surface area contributed by atoms with Gasteiger partial charge in [0.1, 0.15) is 0 Å². The molecule has 0 fully saturated rings. The van der Waals surface area contributed by atoms with Crippen LogP contribution in [0.4, 0.5) is 5.69 Å². The molecule has 1 radical (unpaired) electrons. The second-order valence-corrected chi connectivity index (χ2v) is 4.03. The van der Waals surface area contributed by atoms with E-state index in [0.717, 1.165) is 30.5 Å². The molecule has 1 rings (SSSR count).